The molecule has 2 aliphatic rings. The Hall–Kier alpha value is -2.38. The van der Waals surface area contributed by atoms with Gasteiger partial charge in [0.1, 0.15) is 6.04 Å². The van der Waals surface area contributed by atoms with Gasteiger partial charge in [0, 0.05) is 18.0 Å². The fraction of sp³-hybridized carbons (Fsp3) is 0.368. The molecule has 4 heterocycles. The van der Waals surface area contributed by atoms with E-state index in [1.807, 2.05) is 18.4 Å². The monoisotopic (exact) mass is 373 g/mol. The first kappa shape index (κ1) is 17.1. The molecular formula is C19H19NO5S. The molecule has 2 aliphatic heterocycles. The van der Waals surface area contributed by atoms with Gasteiger partial charge in [-0.25, -0.2) is 0 Å². The molecule has 0 aromatic carbocycles. The first-order valence-electron chi connectivity index (χ1n) is 8.56. The summed E-state index contributed by atoms with van der Waals surface area (Å²) in [7, 11) is 0. The number of ketones is 1. The highest BCUT2D eigenvalue weighted by Crippen LogP contribution is 2.42. The summed E-state index contributed by atoms with van der Waals surface area (Å²) in [5.41, 5.74) is 1.05. The first-order valence-corrected chi connectivity index (χ1v) is 9.43. The predicted molar refractivity (Wildman–Crippen MR) is 95.2 cm³/mol. The lowest BCUT2D eigenvalue weighted by atomic mass is 9.98. The number of aliphatic hydroxyl groups is 1. The number of nitrogens with zero attached hydrogens (tertiary/aromatic N) is 1. The molecule has 0 bridgehead atoms. The lowest BCUT2D eigenvalue weighted by Gasteiger charge is -2.28. The van der Waals surface area contributed by atoms with Crippen LogP contribution in [0.5, 0.6) is 0 Å². The van der Waals surface area contributed by atoms with Gasteiger partial charge in [-0.05, 0) is 48.9 Å². The Bertz CT molecular complexity index is 860. The van der Waals surface area contributed by atoms with Crippen molar-refractivity contribution in [2.24, 2.45) is 0 Å². The zero-order valence-corrected chi connectivity index (χ0v) is 15.1. The van der Waals surface area contributed by atoms with Crippen LogP contribution in [0.2, 0.25) is 0 Å². The molecular weight excluding hydrogens is 354 g/mol. The molecule has 0 saturated carbocycles. The Labute approximate surface area is 154 Å². The van der Waals surface area contributed by atoms with E-state index in [-0.39, 0.29) is 17.4 Å². The van der Waals surface area contributed by atoms with E-state index in [1.54, 1.807) is 11.0 Å². The van der Waals surface area contributed by atoms with Gasteiger partial charge >= 0.3 is 0 Å². The predicted octanol–water partition coefficient (Wildman–Crippen LogP) is 3.41. The van der Waals surface area contributed by atoms with Crippen molar-refractivity contribution in [2.75, 3.05) is 13.2 Å². The summed E-state index contributed by atoms with van der Waals surface area (Å²) in [6.07, 6.45) is 3.14. The van der Waals surface area contributed by atoms with Crippen molar-refractivity contribution in [3.8, 4) is 0 Å². The third-order valence-corrected chi connectivity index (χ3v) is 5.94. The zero-order chi connectivity index (χ0) is 18.3. The largest absolute Gasteiger partial charge is 0.503 e. The van der Waals surface area contributed by atoms with Crippen molar-refractivity contribution in [3.05, 3.63) is 57.4 Å². The molecule has 1 saturated heterocycles. The van der Waals surface area contributed by atoms with Gasteiger partial charge in [-0.1, -0.05) is 0 Å². The van der Waals surface area contributed by atoms with E-state index >= 15 is 0 Å². The van der Waals surface area contributed by atoms with Gasteiger partial charge in [0.15, 0.2) is 11.5 Å². The summed E-state index contributed by atoms with van der Waals surface area (Å²) in [4.78, 5) is 28.2. The minimum absolute atomic E-state index is 0.0763. The molecule has 1 N–H and O–H groups in total. The average Bonchev–Trinajstić information content (AvgIpc) is 3.40. The maximum absolute atomic E-state index is 12.9. The van der Waals surface area contributed by atoms with Gasteiger partial charge in [0.25, 0.3) is 5.91 Å². The molecule has 4 rings (SSSR count). The molecule has 1 fully saturated rings. The molecule has 2 aromatic heterocycles. The van der Waals surface area contributed by atoms with Crippen molar-refractivity contribution in [3.63, 3.8) is 0 Å². The summed E-state index contributed by atoms with van der Waals surface area (Å²) in [5, 5.41) is 12.4. The van der Waals surface area contributed by atoms with Crippen LogP contribution < -0.4 is 0 Å². The summed E-state index contributed by atoms with van der Waals surface area (Å²) >= 11 is 1.47. The number of carbonyl (C=O) groups excluding carboxylic acids is 2. The molecule has 26 heavy (non-hydrogen) atoms. The number of thiophene rings is 1. The number of aryl methyl sites for hydroxylation is 1. The van der Waals surface area contributed by atoms with Gasteiger partial charge in [-0.15, -0.1) is 11.3 Å². The van der Waals surface area contributed by atoms with Crippen LogP contribution in [0.15, 0.2) is 45.6 Å². The fourth-order valence-electron chi connectivity index (χ4n) is 3.56. The summed E-state index contributed by atoms with van der Waals surface area (Å²) in [6, 6.07) is 4.47. The quantitative estimate of drug-likeness (QED) is 0.813. The number of hydrogen-bond donors (Lipinski definition) is 1. The molecule has 0 spiro atoms. The topological polar surface area (TPSA) is 80.0 Å². The van der Waals surface area contributed by atoms with Crippen LogP contribution in [0, 0.1) is 6.92 Å². The Kier molecular flexibility index (Phi) is 4.42. The van der Waals surface area contributed by atoms with Crippen LogP contribution in [0.4, 0.5) is 0 Å². The van der Waals surface area contributed by atoms with Crippen LogP contribution in [0.1, 0.15) is 39.9 Å². The van der Waals surface area contributed by atoms with Gasteiger partial charge in [-0.2, -0.15) is 0 Å². The number of carbonyl (C=O) groups is 2. The van der Waals surface area contributed by atoms with E-state index < -0.39 is 23.5 Å². The number of Topliss-reactive ketones (excluding diaryl/α,β-unsaturated/α-hetero) is 1. The summed E-state index contributed by atoms with van der Waals surface area (Å²) in [6.45, 7) is 2.96. The number of furan rings is 1. The zero-order valence-electron chi connectivity index (χ0n) is 14.3. The molecule has 2 atom stereocenters. The van der Waals surface area contributed by atoms with Gasteiger partial charge in [0.2, 0.25) is 5.78 Å². The maximum Gasteiger partial charge on any atom is 0.290 e. The SMILES string of the molecule is Cc1ccsc1C1C(C(=O)c2ccco2)=C(O)C(=O)N1CC1CCCO1. The van der Waals surface area contributed by atoms with Crippen LogP contribution in [-0.4, -0.2) is 41.0 Å². The highest BCUT2D eigenvalue weighted by Gasteiger charge is 2.46. The third kappa shape index (κ3) is 2.77. The van der Waals surface area contributed by atoms with E-state index in [2.05, 4.69) is 0 Å². The van der Waals surface area contributed by atoms with Crippen molar-refractivity contribution in [1.29, 1.82) is 0 Å². The highest BCUT2D eigenvalue weighted by atomic mass is 32.1. The average molecular weight is 373 g/mol. The molecule has 2 unspecified atom stereocenters. The van der Waals surface area contributed by atoms with Gasteiger partial charge < -0.3 is 19.2 Å². The number of amides is 1. The van der Waals surface area contributed by atoms with E-state index in [0.29, 0.717) is 13.2 Å². The van der Waals surface area contributed by atoms with Crippen LogP contribution in [-0.2, 0) is 9.53 Å². The third-order valence-electron chi connectivity index (χ3n) is 4.87. The number of hydrogen-bond acceptors (Lipinski definition) is 6. The standard InChI is InChI=1S/C19H19NO5S/c1-11-6-9-26-18(11)15-14(16(21)13-5-3-8-25-13)17(22)19(23)20(15)10-12-4-2-7-24-12/h3,5-6,8-9,12,15,22H,2,4,7,10H2,1H3. The van der Waals surface area contributed by atoms with Crippen LogP contribution >= 0.6 is 11.3 Å². The second kappa shape index (κ2) is 6.74. The molecule has 6 nitrogen and oxygen atoms in total. The second-order valence-corrected chi connectivity index (χ2v) is 7.48. The van der Waals surface area contributed by atoms with E-state index in [0.717, 1.165) is 23.3 Å². The molecule has 1 amide bonds. The molecule has 2 aromatic rings. The number of aliphatic hydroxyl groups excluding tert-OH is 1. The van der Waals surface area contributed by atoms with Gasteiger partial charge in [-0.3, -0.25) is 9.59 Å². The Balaban J connectivity index is 1.76. The fourth-order valence-corrected chi connectivity index (χ4v) is 4.61. The minimum Gasteiger partial charge on any atom is -0.503 e. The lowest BCUT2D eigenvalue weighted by Crippen LogP contribution is -2.37. The van der Waals surface area contributed by atoms with Crippen molar-refractivity contribution in [1.82, 2.24) is 4.90 Å². The smallest absolute Gasteiger partial charge is 0.290 e. The second-order valence-electron chi connectivity index (χ2n) is 6.53. The normalized spacial score (nSPS) is 23.3. The van der Waals surface area contributed by atoms with Gasteiger partial charge in [0.05, 0.1) is 17.9 Å². The number of rotatable bonds is 5. The van der Waals surface area contributed by atoms with E-state index in [1.165, 1.54) is 23.7 Å². The van der Waals surface area contributed by atoms with Crippen molar-refractivity contribution >= 4 is 23.0 Å². The minimum atomic E-state index is -0.621. The molecule has 0 aliphatic carbocycles. The molecule has 136 valence electrons. The van der Waals surface area contributed by atoms with Crippen molar-refractivity contribution < 1.29 is 23.8 Å². The summed E-state index contributed by atoms with van der Waals surface area (Å²) in [5.74, 6) is -1.39. The Morgan fingerprint density at radius 1 is 1.42 bits per heavy atom. The summed E-state index contributed by atoms with van der Waals surface area (Å²) < 4.78 is 10.9. The molecule has 0 radical (unpaired) electrons. The van der Waals surface area contributed by atoms with Crippen LogP contribution in [0.3, 0.4) is 0 Å². The highest BCUT2D eigenvalue weighted by molar-refractivity contribution is 7.10. The maximum atomic E-state index is 12.9. The first-order chi connectivity index (χ1) is 12.6. The molecule has 7 heteroatoms. The number of ether oxygens (including phenoxy) is 1. The lowest BCUT2D eigenvalue weighted by molar-refractivity contribution is -0.130. The van der Waals surface area contributed by atoms with Crippen molar-refractivity contribution in [2.45, 2.75) is 31.9 Å². The Morgan fingerprint density at radius 3 is 2.88 bits per heavy atom. The Morgan fingerprint density at radius 2 is 2.27 bits per heavy atom. The van der Waals surface area contributed by atoms with Crippen LogP contribution in [0.25, 0.3) is 0 Å². The van der Waals surface area contributed by atoms with E-state index in [4.69, 9.17) is 9.15 Å². The van der Waals surface area contributed by atoms with E-state index in [9.17, 15) is 14.7 Å².